The first-order valence-corrected chi connectivity index (χ1v) is 6.39. The Hall–Kier alpha value is -2.52. The minimum absolute atomic E-state index is 0.104. The first kappa shape index (κ1) is 17.8. The summed E-state index contributed by atoms with van der Waals surface area (Å²) >= 11 is 0. The van der Waals surface area contributed by atoms with Crippen LogP contribution in [0.25, 0.3) is 11.3 Å². The molecule has 0 radical (unpaired) electrons. The lowest BCUT2D eigenvalue weighted by Gasteiger charge is -2.12. The number of aromatic nitrogens is 1. The van der Waals surface area contributed by atoms with Crippen LogP contribution in [0.1, 0.15) is 21.7 Å². The van der Waals surface area contributed by atoms with Gasteiger partial charge in [0, 0.05) is 19.7 Å². The number of hydrogen-bond acceptors (Lipinski definition) is 3. The van der Waals surface area contributed by atoms with Crippen molar-refractivity contribution in [3.05, 3.63) is 41.2 Å². The van der Waals surface area contributed by atoms with Gasteiger partial charge in [-0.25, -0.2) is 0 Å². The van der Waals surface area contributed by atoms with Crippen molar-refractivity contribution in [2.45, 2.75) is 12.4 Å². The van der Waals surface area contributed by atoms with Crippen molar-refractivity contribution in [2.75, 3.05) is 14.1 Å². The van der Waals surface area contributed by atoms with E-state index in [-0.39, 0.29) is 5.56 Å². The molecule has 2 rings (SSSR count). The molecule has 4 nitrogen and oxygen atoms in total. The molecule has 0 saturated heterocycles. The molecular formula is C14H10F6N2O2. The van der Waals surface area contributed by atoms with Gasteiger partial charge in [-0.1, -0.05) is 17.3 Å². The number of alkyl halides is 6. The summed E-state index contributed by atoms with van der Waals surface area (Å²) in [6.07, 6.45) is -9.57. The van der Waals surface area contributed by atoms with Crippen molar-refractivity contribution in [3.8, 4) is 11.3 Å². The summed E-state index contributed by atoms with van der Waals surface area (Å²) in [5.41, 5.74) is -2.42. The van der Waals surface area contributed by atoms with Crippen LogP contribution in [0.4, 0.5) is 26.3 Å². The monoisotopic (exact) mass is 352 g/mol. The summed E-state index contributed by atoms with van der Waals surface area (Å²) in [4.78, 5) is 12.9. The molecule has 0 atom stereocenters. The van der Waals surface area contributed by atoms with Crippen LogP contribution in [0, 0.1) is 0 Å². The van der Waals surface area contributed by atoms with Crippen molar-refractivity contribution < 1.29 is 35.7 Å². The molecule has 0 aliphatic heterocycles. The molecule has 0 saturated carbocycles. The Kier molecular flexibility index (Phi) is 4.34. The molecule has 24 heavy (non-hydrogen) atoms. The normalized spacial score (nSPS) is 12.3. The molecule has 0 unspecified atom stereocenters. The SMILES string of the molecule is CN(C)C(=O)c1c(-c2ccc(C(F)(F)F)cc2)noc1C(F)(F)F. The zero-order valence-corrected chi connectivity index (χ0v) is 12.3. The highest BCUT2D eigenvalue weighted by Crippen LogP contribution is 2.38. The first-order chi connectivity index (χ1) is 10.9. The average Bonchev–Trinajstić information content (AvgIpc) is 2.90. The summed E-state index contributed by atoms with van der Waals surface area (Å²) in [5, 5.41) is 3.22. The van der Waals surface area contributed by atoms with E-state index in [0.717, 1.165) is 17.0 Å². The molecule has 1 aromatic heterocycles. The lowest BCUT2D eigenvalue weighted by molar-refractivity contribution is -0.155. The predicted molar refractivity (Wildman–Crippen MR) is 70.0 cm³/mol. The minimum atomic E-state index is -4.97. The van der Waals surface area contributed by atoms with Gasteiger partial charge in [0.25, 0.3) is 11.7 Å². The van der Waals surface area contributed by atoms with Crippen LogP contribution < -0.4 is 0 Å². The van der Waals surface area contributed by atoms with E-state index in [4.69, 9.17) is 0 Å². The maximum absolute atomic E-state index is 13.0. The predicted octanol–water partition coefficient (Wildman–Crippen LogP) is 4.08. The topological polar surface area (TPSA) is 46.3 Å². The third-order valence-electron chi connectivity index (χ3n) is 3.06. The van der Waals surface area contributed by atoms with E-state index in [9.17, 15) is 31.1 Å². The average molecular weight is 352 g/mol. The Labute approximate surface area is 131 Å². The van der Waals surface area contributed by atoms with Gasteiger partial charge in [0.2, 0.25) is 0 Å². The number of nitrogens with zero attached hydrogens (tertiary/aromatic N) is 2. The van der Waals surface area contributed by atoms with Crippen LogP contribution in [-0.2, 0) is 12.4 Å². The van der Waals surface area contributed by atoms with Crippen LogP contribution in [-0.4, -0.2) is 30.1 Å². The maximum Gasteiger partial charge on any atom is 0.453 e. The standard InChI is InChI=1S/C14H10F6N2O2/c1-22(2)12(23)9-10(21-24-11(9)14(18,19)20)7-3-5-8(6-4-7)13(15,16)17/h3-6H,1-2H3. The second-order valence-corrected chi connectivity index (χ2v) is 5.01. The Morgan fingerprint density at radius 1 is 1.00 bits per heavy atom. The number of amides is 1. The maximum atomic E-state index is 13.0. The lowest BCUT2D eigenvalue weighted by atomic mass is 10.0. The van der Waals surface area contributed by atoms with Crippen LogP contribution in [0.2, 0.25) is 0 Å². The fraction of sp³-hybridized carbons (Fsp3) is 0.286. The smallest absolute Gasteiger partial charge is 0.350 e. The highest BCUT2D eigenvalue weighted by molar-refractivity contribution is 6.00. The first-order valence-electron chi connectivity index (χ1n) is 6.39. The second-order valence-electron chi connectivity index (χ2n) is 5.01. The van der Waals surface area contributed by atoms with E-state index in [1.165, 1.54) is 14.1 Å². The lowest BCUT2D eigenvalue weighted by Crippen LogP contribution is -2.24. The quantitative estimate of drug-likeness (QED) is 0.765. The second kappa shape index (κ2) is 5.84. The summed E-state index contributed by atoms with van der Waals surface area (Å²) in [7, 11) is 2.46. The van der Waals surface area contributed by atoms with E-state index in [2.05, 4.69) is 9.68 Å². The van der Waals surface area contributed by atoms with Crippen LogP contribution in [0.15, 0.2) is 28.8 Å². The van der Waals surface area contributed by atoms with E-state index in [1.807, 2.05) is 0 Å². The van der Waals surface area contributed by atoms with Gasteiger partial charge in [-0.15, -0.1) is 0 Å². The Bertz CT molecular complexity index is 744. The zero-order chi connectivity index (χ0) is 18.3. The van der Waals surface area contributed by atoms with E-state index < -0.39 is 40.8 Å². The van der Waals surface area contributed by atoms with Gasteiger partial charge >= 0.3 is 12.4 Å². The van der Waals surface area contributed by atoms with Crippen LogP contribution in [0.5, 0.6) is 0 Å². The molecule has 1 aromatic carbocycles. The Balaban J connectivity index is 2.59. The van der Waals surface area contributed by atoms with E-state index in [1.54, 1.807) is 0 Å². The molecule has 0 bridgehead atoms. The zero-order valence-electron chi connectivity index (χ0n) is 12.3. The number of halogens is 6. The molecule has 0 aliphatic rings. The highest BCUT2D eigenvalue weighted by Gasteiger charge is 2.43. The molecule has 1 amide bonds. The Morgan fingerprint density at radius 2 is 1.54 bits per heavy atom. The summed E-state index contributed by atoms with van der Waals surface area (Å²) < 4.78 is 80.8. The molecule has 0 fully saturated rings. The molecule has 130 valence electrons. The largest absolute Gasteiger partial charge is 0.453 e. The van der Waals surface area contributed by atoms with Gasteiger partial charge in [0.05, 0.1) is 5.56 Å². The number of carbonyl (C=O) groups excluding carboxylic acids is 1. The van der Waals surface area contributed by atoms with E-state index >= 15 is 0 Å². The summed E-state index contributed by atoms with van der Waals surface area (Å²) in [6, 6.07) is 3.21. The van der Waals surface area contributed by atoms with Crippen LogP contribution in [0.3, 0.4) is 0 Å². The van der Waals surface area contributed by atoms with Gasteiger partial charge in [0.15, 0.2) is 0 Å². The fourth-order valence-corrected chi connectivity index (χ4v) is 1.92. The Morgan fingerprint density at radius 3 is 1.96 bits per heavy atom. The van der Waals surface area contributed by atoms with Crippen LogP contribution >= 0.6 is 0 Å². The molecule has 0 spiro atoms. The molecule has 0 aliphatic carbocycles. The molecular weight excluding hydrogens is 342 g/mol. The summed E-state index contributed by atoms with van der Waals surface area (Å²) in [5.74, 6) is -2.63. The molecule has 0 N–H and O–H groups in total. The van der Waals surface area contributed by atoms with Gasteiger partial charge in [-0.05, 0) is 12.1 Å². The fourth-order valence-electron chi connectivity index (χ4n) is 1.92. The van der Waals surface area contributed by atoms with E-state index in [0.29, 0.717) is 12.1 Å². The number of hydrogen-bond donors (Lipinski definition) is 0. The summed E-state index contributed by atoms with van der Waals surface area (Å²) in [6.45, 7) is 0. The third kappa shape index (κ3) is 3.36. The molecule has 1 heterocycles. The van der Waals surface area contributed by atoms with Crippen molar-refractivity contribution in [2.24, 2.45) is 0 Å². The van der Waals surface area contributed by atoms with Gasteiger partial charge in [-0.3, -0.25) is 4.79 Å². The third-order valence-corrected chi connectivity index (χ3v) is 3.06. The minimum Gasteiger partial charge on any atom is -0.350 e. The van der Waals surface area contributed by atoms with Crippen molar-refractivity contribution in [3.63, 3.8) is 0 Å². The number of rotatable bonds is 2. The number of benzene rings is 1. The van der Waals surface area contributed by atoms with Gasteiger partial charge in [-0.2, -0.15) is 26.3 Å². The number of carbonyl (C=O) groups is 1. The van der Waals surface area contributed by atoms with Crippen molar-refractivity contribution >= 4 is 5.91 Å². The molecule has 10 heteroatoms. The van der Waals surface area contributed by atoms with Crippen molar-refractivity contribution in [1.82, 2.24) is 10.1 Å². The van der Waals surface area contributed by atoms with Gasteiger partial charge in [0.1, 0.15) is 11.3 Å². The van der Waals surface area contributed by atoms with Gasteiger partial charge < -0.3 is 9.42 Å². The molecule has 2 aromatic rings. The van der Waals surface area contributed by atoms with Crippen molar-refractivity contribution in [1.29, 1.82) is 0 Å². The highest BCUT2D eigenvalue weighted by atomic mass is 19.4.